The second kappa shape index (κ2) is 5.77. The van der Waals surface area contributed by atoms with Crippen LogP contribution in [0.4, 0.5) is 0 Å². The van der Waals surface area contributed by atoms with Gasteiger partial charge in [0.25, 0.3) is 5.54 Å². The third-order valence-corrected chi connectivity index (χ3v) is 4.90. The molecule has 2 aromatic carbocycles. The zero-order chi connectivity index (χ0) is 15.0. The molecule has 0 fully saturated rings. The second-order valence-electron chi connectivity index (χ2n) is 5.99. The molecule has 0 spiro atoms. The summed E-state index contributed by atoms with van der Waals surface area (Å²) in [5, 5.41) is 0. The lowest BCUT2D eigenvalue weighted by Gasteiger charge is -2.19. The third kappa shape index (κ3) is 2.86. The van der Waals surface area contributed by atoms with Crippen LogP contribution in [0.1, 0.15) is 33.4 Å². The van der Waals surface area contributed by atoms with E-state index in [-0.39, 0.29) is 5.54 Å². The van der Waals surface area contributed by atoms with Crippen molar-refractivity contribution in [1.82, 2.24) is 0 Å². The van der Waals surface area contributed by atoms with E-state index in [1.807, 2.05) is 0 Å². The molecule has 0 nitrogen and oxygen atoms in total. The van der Waals surface area contributed by atoms with Crippen molar-refractivity contribution in [2.75, 3.05) is 0 Å². The molecule has 0 heterocycles. The van der Waals surface area contributed by atoms with Crippen LogP contribution < -0.4 is 10.9 Å². The van der Waals surface area contributed by atoms with Crippen molar-refractivity contribution < 1.29 is 0 Å². The Hall–Kier alpha value is -1.02. The first kappa shape index (κ1) is 15.4. The highest BCUT2D eigenvalue weighted by Crippen LogP contribution is 2.14. The molecule has 2 heteroatoms. The Morgan fingerprint density at radius 3 is 1.10 bits per heavy atom. The van der Waals surface area contributed by atoms with E-state index in [0.29, 0.717) is 0 Å². The van der Waals surface area contributed by atoms with Crippen LogP contribution in [-0.2, 0) is 0 Å². The Labute approximate surface area is 131 Å². The molecular formula is C18H22BBr. The fourth-order valence-electron chi connectivity index (χ4n) is 3.33. The van der Waals surface area contributed by atoms with Crippen LogP contribution in [0.3, 0.4) is 0 Å². The predicted octanol–water partition coefficient (Wildman–Crippen LogP) is 4.04. The lowest BCUT2D eigenvalue weighted by Crippen LogP contribution is -2.42. The van der Waals surface area contributed by atoms with Crippen molar-refractivity contribution in [1.29, 1.82) is 0 Å². The van der Waals surface area contributed by atoms with Gasteiger partial charge in [-0.2, -0.15) is 0 Å². The molecular weight excluding hydrogens is 307 g/mol. The predicted molar refractivity (Wildman–Crippen MR) is 95.3 cm³/mol. The van der Waals surface area contributed by atoms with Gasteiger partial charge in [-0.3, -0.25) is 0 Å². The van der Waals surface area contributed by atoms with E-state index < -0.39 is 0 Å². The van der Waals surface area contributed by atoms with Crippen molar-refractivity contribution in [3.63, 3.8) is 0 Å². The van der Waals surface area contributed by atoms with E-state index in [1.54, 1.807) is 0 Å². The van der Waals surface area contributed by atoms with E-state index in [0.717, 1.165) is 0 Å². The molecule has 0 aliphatic carbocycles. The molecule has 0 aliphatic heterocycles. The summed E-state index contributed by atoms with van der Waals surface area (Å²) < 4.78 is 0. The highest BCUT2D eigenvalue weighted by molar-refractivity contribution is 9.25. The minimum Gasteiger partial charge on any atom is -0.143 e. The zero-order valence-electron chi connectivity index (χ0n) is 13.3. The number of hydrogen-bond acceptors (Lipinski definition) is 0. The lowest BCUT2D eigenvalue weighted by molar-refractivity contribution is 1.34. The van der Waals surface area contributed by atoms with Crippen molar-refractivity contribution >= 4 is 32.2 Å². The van der Waals surface area contributed by atoms with Gasteiger partial charge in [-0.25, -0.2) is 0 Å². The van der Waals surface area contributed by atoms with Gasteiger partial charge in [0.1, 0.15) is 0 Å². The Morgan fingerprint density at radius 1 is 0.600 bits per heavy atom. The molecule has 0 N–H and O–H groups in total. The molecule has 0 saturated heterocycles. The molecule has 0 atom stereocenters. The lowest BCUT2D eigenvalue weighted by atomic mass is 9.57. The quantitative estimate of drug-likeness (QED) is 0.730. The Balaban J connectivity index is 2.61. The minimum atomic E-state index is 0.267. The first-order chi connectivity index (χ1) is 9.31. The van der Waals surface area contributed by atoms with Gasteiger partial charge in [0.15, 0.2) is 0 Å². The highest BCUT2D eigenvalue weighted by Gasteiger charge is 2.23. The fraction of sp³-hybridized carbons (Fsp3) is 0.333. The van der Waals surface area contributed by atoms with Gasteiger partial charge in [0.2, 0.25) is 0 Å². The zero-order valence-corrected chi connectivity index (χ0v) is 14.9. The van der Waals surface area contributed by atoms with Gasteiger partial charge < -0.3 is 0 Å². The maximum Gasteiger partial charge on any atom is 0.288 e. The van der Waals surface area contributed by atoms with E-state index in [2.05, 4.69) is 81.6 Å². The van der Waals surface area contributed by atoms with Gasteiger partial charge >= 0.3 is 0 Å². The number of rotatable bonds is 2. The summed E-state index contributed by atoms with van der Waals surface area (Å²) in [5.41, 5.74) is 11.2. The van der Waals surface area contributed by atoms with Gasteiger partial charge in [-0.1, -0.05) is 68.6 Å². The molecule has 0 saturated carbocycles. The molecule has 0 unspecified atom stereocenters. The van der Waals surface area contributed by atoms with Gasteiger partial charge in [-0.05, 0) is 41.5 Å². The van der Waals surface area contributed by atoms with Crippen molar-refractivity contribution in [2.45, 2.75) is 41.5 Å². The molecule has 0 radical (unpaired) electrons. The van der Waals surface area contributed by atoms with Crippen molar-refractivity contribution in [3.05, 3.63) is 57.6 Å². The third-order valence-electron chi connectivity index (χ3n) is 3.98. The number of halogens is 1. The molecule has 2 rings (SSSR count). The summed E-state index contributed by atoms with van der Waals surface area (Å²) in [6.45, 7) is 13.2. The van der Waals surface area contributed by atoms with Crippen LogP contribution >= 0.6 is 15.8 Å². The molecule has 0 bridgehead atoms. The Kier molecular flexibility index (Phi) is 4.44. The molecule has 0 aliphatic rings. The van der Waals surface area contributed by atoms with Crippen molar-refractivity contribution in [3.8, 4) is 0 Å². The summed E-state index contributed by atoms with van der Waals surface area (Å²) in [6.07, 6.45) is 0. The maximum atomic E-state index is 3.95. The standard InChI is InChI=1S/C18H22BBr/c1-11-7-13(3)17(14(4)8-11)19(20)18-15(5)9-12(2)10-16(18)6/h7-10H,1-6H3. The molecule has 2 aromatic rings. The van der Waals surface area contributed by atoms with Gasteiger partial charge in [0, 0.05) is 0 Å². The maximum absolute atomic E-state index is 3.95. The van der Waals surface area contributed by atoms with Crippen LogP contribution in [0.2, 0.25) is 0 Å². The first-order valence-electron chi connectivity index (χ1n) is 7.10. The first-order valence-corrected chi connectivity index (χ1v) is 8.02. The summed E-state index contributed by atoms with van der Waals surface area (Å²) in [6, 6.07) is 9.09. The Morgan fingerprint density at radius 2 is 0.850 bits per heavy atom. The number of hydrogen-bond donors (Lipinski definition) is 0. The van der Waals surface area contributed by atoms with E-state index in [4.69, 9.17) is 0 Å². The van der Waals surface area contributed by atoms with E-state index >= 15 is 0 Å². The fourth-order valence-corrected chi connectivity index (χ4v) is 4.77. The average Bonchev–Trinajstić information content (AvgIpc) is 2.25. The normalized spacial score (nSPS) is 10.8. The van der Waals surface area contributed by atoms with Crippen molar-refractivity contribution in [2.24, 2.45) is 0 Å². The average molecular weight is 329 g/mol. The smallest absolute Gasteiger partial charge is 0.143 e. The summed E-state index contributed by atoms with van der Waals surface area (Å²) in [5.74, 6) is 0. The molecule has 104 valence electrons. The Bertz CT molecular complexity index is 555. The topological polar surface area (TPSA) is 0 Å². The van der Waals surface area contributed by atoms with E-state index in [1.165, 1.54) is 44.3 Å². The largest absolute Gasteiger partial charge is 0.288 e. The summed E-state index contributed by atoms with van der Waals surface area (Å²) >= 11 is 3.95. The van der Waals surface area contributed by atoms with E-state index in [9.17, 15) is 0 Å². The van der Waals surface area contributed by atoms with Crippen LogP contribution in [-0.4, -0.2) is 5.54 Å². The second-order valence-corrected chi connectivity index (χ2v) is 6.90. The highest BCUT2D eigenvalue weighted by atomic mass is 79.9. The van der Waals surface area contributed by atoms with Gasteiger partial charge in [-0.15, -0.1) is 15.8 Å². The molecule has 0 amide bonds. The monoisotopic (exact) mass is 328 g/mol. The number of aryl methyl sites for hydroxylation is 6. The molecule has 0 aromatic heterocycles. The molecule has 20 heavy (non-hydrogen) atoms. The summed E-state index contributed by atoms with van der Waals surface area (Å²) in [4.78, 5) is 0. The SMILES string of the molecule is Cc1cc(C)c(B(Br)c2c(C)cc(C)cc2C)c(C)c1. The minimum absolute atomic E-state index is 0.267. The van der Waals surface area contributed by atoms with Gasteiger partial charge in [0.05, 0.1) is 0 Å². The van der Waals surface area contributed by atoms with Crippen LogP contribution in [0.5, 0.6) is 0 Å². The van der Waals surface area contributed by atoms with Crippen LogP contribution in [0.15, 0.2) is 24.3 Å². The number of benzene rings is 2. The summed E-state index contributed by atoms with van der Waals surface area (Å²) in [7, 11) is 0. The van der Waals surface area contributed by atoms with Crippen LogP contribution in [0, 0.1) is 41.5 Å². The van der Waals surface area contributed by atoms with Crippen LogP contribution in [0.25, 0.3) is 0 Å².